The highest BCUT2D eigenvalue weighted by Crippen LogP contribution is 2.30. The smallest absolute Gasteiger partial charge is 0.339 e. The van der Waals surface area contributed by atoms with Gasteiger partial charge in [0.2, 0.25) is 0 Å². The van der Waals surface area contributed by atoms with E-state index in [0.29, 0.717) is 12.1 Å². The van der Waals surface area contributed by atoms with Gasteiger partial charge in [-0.2, -0.15) is 5.10 Å². The van der Waals surface area contributed by atoms with E-state index in [2.05, 4.69) is 17.3 Å². The second-order valence-electron chi connectivity index (χ2n) is 5.23. The summed E-state index contributed by atoms with van der Waals surface area (Å²) in [4.78, 5) is 11.0. The molecule has 2 atom stereocenters. The monoisotopic (exact) mass is 251 g/mol. The van der Waals surface area contributed by atoms with Crippen molar-refractivity contribution in [2.75, 3.05) is 6.54 Å². The van der Waals surface area contributed by atoms with Crippen LogP contribution in [0, 0.1) is 11.8 Å². The van der Waals surface area contributed by atoms with Crippen LogP contribution < -0.4 is 5.32 Å². The summed E-state index contributed by atoms with van der Waals surface area (Å²) in [5.41, 5.74) is 1.04. The molecule has 1 aromatic heterocycles. The van der Waals surface area contributed by atoms with E-state index in [1.165, 1.54) is 25.5 Å². The minimum Gasteiger partial charge on any atom is -0.478 e. The summed E-state index contributed by atoms with van der Waals surface area (Å²) in [6, 6.07) is 0. The van der Waals surface area contributed by atoms with Gasteiger partial charge >= 0.3 is 5.97 Å². The van der Waals surface area contributed by atoms with Crippen molar-refractivity contribution in [3.8, 4) is 0 Å². The molecule has 1 aliphatic carbocycles. The molecule has 5 nitrogen and oxygen atoms in total. The predicted molar refractivity (Wildman–Crippen MR) is 68.4 cm³/mol. The molecule has 2 rings (SSSR count). The van der Waals surface area contributed by atoms with Crippen LogP contribution in [0.1, 0.15) is 42.2 Å². The highest BCUT2D eigenvalue weighted by molar-refractivity contribution is 5.88. The first-order valence-electron chi connectivity index (χ1n) is 6.54. The van der Waals surface area contributed by atoms with Crippen LogP contribution in [0.25, 0.3) is 0 Å². The Morgan fingerprint density at radius 2 is 2.39 bits per heavy atom. The molecule has 0 saturated heterocycles. The first-order valence-corrected chi connectivity index (χ1v) is 6.54. The summed E-state index contributed by atoms with van der Waals surface area (Å²) in [6.45, 7) is 3.83. The number of nitrogens with zero attached hydrogens (tertiary/aromatic N) is 2. The van der Waals surface area contributed by atoms with Crippen molar-refractivity contribution in [3.05, 3.63) is 17.5 Å². The summed E-state index contributed by atoms with van der Waals surface area (Å²) in [6.07, 6.45) is 5.33. The van der Waals surface area contributed by atoms with Crippen LogP contribution in [-0.2, 0) is 13.6 Å². The molecule has 18 heavy (non-hydrogen) atoms. The van der Waals surface area contributed by atoms with Gasteiger partial charge in [-0.25, -0.2) is 4.79 Å². The van der Waals surface area contributed by atoms with Crippen LogP contribution in [-0.4, -0.2) is 27.4 Å². The predicted octanol–water partition coefficient (Wildman–Crippen LogP) is 1.64. The van der Waals surface area contributed by atoms with Gasteiger partial charge in [0.25, 0.3) is 0 Å². The molecule has 0 bridgehead atoms. The van der Waals surface area contributed by atoms with Crippen molar-refractivity contribution in [1.29, 1.82) is 0 Å². The van der Waals surface area contributed by atoms with Crippen molar-refractivity contribution >= 4 is 5.97 Å². The lowest BCUT2D eigenvalue weighted by molar-refractivity contribution is 0.0695. The standard InChI is InChI=1S/C13H21N3O2/c1-9-4-3-5-10(9)6-14-8-12-11(13(17)18)7-15-16(12)2/h7,9-10,14H,3-6,8H2,1-2H3,(H,17,18). The Balaban J connectivity index is 1.90. The largest absolute Gasteiger partial charge is 0.478 e. The third-order valence-electron chi connectivity index (χ3n) is 4.03. The molecule has 1 fully saturated rings. The zero-order chi connectivity index (χ0) is 13.1. The maximum Gasteiger partial charge on any atom is 0.339 e. The molecule has 1 aliphatic rings. The Hall–Kier alpha value is -1.36. The third-order valence-corrected chi connectivity index (χ3v) is 4.03. The minimum atomic E-state index is -0.908. The molecule has 1 aromatic rings. The molecule has 2 N–H and O–H groups in total. The molecule has 0 amide bonds. The molecule has 100 valence electrons. The molecule has 1 heterocycles. The molecule has 0 radical (unpaired) electrons. The molecular formula is C13H21N3O2. The van der Waals surface area contributed by atoms with E-state index >= 15 is 0 Å². The highest BCUT2D eigenvalue weighted by Gasteiger charge is 2.23. The molecule has 0 spiro atoms. The van der Waals surface area contributed by atoms with Gasteiger partial charge in [0.1, 0.15) is 5.56 Å². The maximum atomic E-state index is 11.0. The Kier molecular flexibility index (Phi) is 4.01. The van der Waals surface area contributed by atoms with Gasteiger partial charge < -0.3 is 10.4 Å². The van der Waals surface area contributed by atoms with Gasteiger partial charge in [-0.05, 0) is 24.8 Å². The summed E-state index contributed by atoms with van der Waals surface area (Å²) in [5.74, 6) is 0.601. The van der Waals surface area contributed by atoms with Crippen molar-refractivity contribution in [2.45, 2.75) is 32.7 Å². The molecule has 2 unspecified atom stereocenters. The number of carbonyl (C=O) groups is 1. The Morgan fingerprint density at radius 1 is 1.61 bits per heavy atom. The zero-order valence-electron chi connectivity index (χ0n) is 11.0. The SMILES string of the molecule is CC1CCCC1CNCc1c(C(=O)O)cnn1C. The van der Waals surface area contributed by atoms with E-state index in [0.717, 1.165) is 24.1 Å². The summed E-state index contributed by atoms with van der Waals surface area (Å²) in [5, 5.41) is 16.4. The van der Waals surface area contributed by atoms with Gasteiger partial charge in [-0.3, -0.25) is 4.68 Å². The molecule has 0 aromatic carbocycles. The Morgan fingerprint density at radius 3 is 3.00 bits per heavy atom. The van der Waals surface area contributed by atoms with Crippen molar-refractivity contribution in [2.24, 2.45) is 18.9 Å². The fourth-order valence-corrected chi connectivity index (χ4v) is 2.75. The fourth-order valence-electron chi connectivity index (χ4n) is 2.75. The molecule has 1 saturated carbocycles. The number of aryl methyl sites for hydroxylation is 1. The first-order chi connectivity index (χ1) is 8.59. The number of aromatic carboxylic acids is 1. The van der Waals surface area contributed by atoms with Gasteiger partial charge in [0, 0.05) is 13.6 Å². The normalized spacial score (nSPS) is 23.4. The van der Waals surface area contributed by atoms with Crippen molar-refractivity contribution in [1.82, 2.24) is 15.1 Å². The van der Waals surface area contributed by atoms with Gasteiger partial charge in [0.05, 0.1) is 11.9 Å². The second-order valence-corrected chi connectivity index (χ2v) is 5.23. The number of rotatable bonds is 5. The van der Waals surface area contributed by atoms with Crippen LogP contribution in [0.4, 0.5) is 0 Å². The highest BCUT2D eigenvalue weighted by atomic mass is 16.4. The lowest BCUT2D eigenvalue weighted by Gasteiger charge is -2.16. The lowest BCUT2D eigenvalue weighted by Crippen LogP contribution is -2.25. The topological polar surface area (TPSA) is 67.2 Å². The van der Waals surface area contributed by atoms with Crippen molar-refractivity contribution < 1.29 is 9.90 Å². The second kappa shape index (κ2) is 5.52. The average molecular weight is 251 g/mol. The number of carboxylic acids is 1. The maximum absolute atomic E-state index is 11.0. The number of aromatic nitrogens is 2. The average Bonchev–Trinajstić information content (AvgIpc) is 2.87. The Labute approximate surface area is 107 Å². The fraction of sp³-hybridized carbons (Fsp3) is 0.692. The molecule has 5 heteroatoms. The van der Waals surface area contributed by atoms with Crippen LogP contribution in [0.5, 0.6) is 0 Å². The van der Waals surface area contributed by atoms with E-state index in [4.69, 9.17) is 5.11 Å². The zero-order valence-corrected chi connectivity index (χ0v) is 11.0. The number of hydrogen-bond acceptors (Lipinski definition) is 3. The van der Waals surface area contributed by atoms with Crippen LogP contribution >= 0.6 is 0 Å². The van der Waals surface area contributed by atoms with Crippen LogP contribution in [0.2, 0.25) is 0 Å². The van der Waals surface area contributed by atoms with Crippen LogP contribution in [0.3, 0.4) is 0 Å². The summed E-state index contributed by atoms with van der Waals surface area (Å²) >= 11 is 0. The summed E-state index contributed by atoms with van der Waals surface area (Å²) < 4.78 is 1.63. The van der Waals surface area contributed by atoms with E-state index in [-0.39, 0.29) is 0 Å². The Bertz CT molecular complexity index is 428. The van der Waals surface area contributed by atoms with Gasteiger partial charge in [0.15, 0.2) is 0 Å². The quantitative estimate of drug-likeness (QED) is 0.835. The van der Waals surface area contributed by atoms with Crippen molar-refractivity contribution in [3.63, 3.8) is 0 Å². The first kappa shape index (κ1) is 13.1. The number of carboxylic acid groups (broad SMARTS) is 1. The lowest BCUT2D eigenvalue weighted by atomic mass is 9.98. The van der Waals surface area contributed by atoms with Gasteiger partial charge in [-0.15, -0.1) is 0 Å². The molecular weight excluding hydrogens is 230 g/mol. The van der Waals surface area contributed by atoms with Crippen LogP contribution in [0.15, 0.2) is 6.20 Å². The third kappa shape index (κ3) is 2.72. The van der Waals surface area contributed by atoms with E-state index < -0.39 is 5.97 Å². The summed E-state index contributed by atoms with van der Waals surface area (Å²) in [7, 11) is 1.78. The van der Waals surface area contributed by atoms with E-state index in [1.807, 2.05) is 0 Å². The van der Waals surface area contributed by atoms with Gasteiger partial charge in [-0.1, -0.05) is 19.8 Å². The van der Waals surface area contributed by atoms with E-state index in [1.54, 1.807) is 11.7 Å². The number of hydrogen-bond donors (Lipinski definition) is 2. The number of nitrogens with one attached hydrogen (secondary N) is 1. The minimum absolute atomic E-state index is 0.296. The van der Waals surface area contributed by atoms with E-state index in [9.17, 15) is 4.79 Å². The molecule has 0 aliphatic heterocycles.